The highest BCUT2D eigenvalue weighted by atomic mass is 19.3. The SMILES string of the molecule is CC1(O)CN(C(=O)C(C)(C)C(C)(F)F)C1. The third-order valence-electron chi connectivity index (χ3n) is 2.98. The number of carbonyl (C=O) groups excluding carboxylic acids is 1. The molecule has 1 saturated heterocycles. The van der Waals surface area contributed by atoms with Gasteiger partial charge in [-0.25, -0.2) is 8.78 Å². The third-order valence-corrected chi connectivity index (χ3v) is 2.98. The Morgan fingerprint density at radius 1 is 1.33 bits per heavy atom. The summed E-state index contributed by atoms with van der Waals surface area (Å²) in [7, 11) is 0. The Morgan fingerprint density at radius 2 is 1.73 bits per heavy atom. The van der Waals surface area contributed by atoms with Crippen molar-refractivity contribution >= 4 is 5.91 Å². The van der Waals surface area contributed by atoms with Crippen molar-refractivity contribution in [2.24, 2.45) is 5.41 Å². The monoisotopic (exact) mass is 221 g/mol. The van der Waals surface area contributed by atoms with Gasteiger partial charge in [-0.15, -0.1) is 0 Å². The number of amides is 1. The van der Waals surface area contributed by atoms with E-state index in [4.69, 9.17) is 0 Å². The zero-order chi connectivity index (χ0) is 12.1. The molecular formula is C10H17F2NO2. The molecule has 3 nitrogen and oxygen atoms in total. The quantitative estimate of drug-likeness (QED) is 0.762. The lowest BCUT2D eigenvalue weighted by molar-refractivity contribution is -0.180. The van der Waals surface area contributed by atoms with Crippen molar-refractivity contribution in [3.63, 3.8) is 0 Å². The highest BCUT2D eigenvalue weighted by Gasteiger charge is 2.53. The van der Waals surface area contributed by atoms with Crippen LogP contribution < -0.4 is 0 Å². The molecule has 1 heterocycles. The van der Waals surface area contributed by atoms with Gasteiger partial charge in [0.25, 0.3) is 5.92 Å². The number of aliphatic hydroxyl groups is 1. The Labute approximate surface area is 88.1 Å². The van der Waals surface area contributed by atoms with E-state index in [2.05, 4.69) is 0 Å². The maximum atomic E-state index is 13.2. The largest absolute Gasteiger partial charge is 0.386 e. The summed E-state index contributed by atoms with van der Waals surface area (Å²) >= 11 is 0. The normalized spacial score (nSPS) is 21.1. The first-order valence-corrected chi connectivity index (χ1v) is 4.87. The number of rotatable bonds is 2. The second kappa shape index (κ2) is 3.14. The Morgan fingerprint density at radius 3 is 2.00 bits per heavy atom. The summed E-state index contributed by atoms with van der Waals surface area (Å²) in [5, 5.41) is 9.42. The van der Waals surface area contributed by atoms with Gasteiger partial charge in [-0.3, -0.25) is 4.79 Å². The average Bonchev–Trinajstić information content (AvgIpc) is 1.96. The van der Waals surface area contributed by atoms with E-state index in [0.29, 0.717) is 0 Å². The molecule has 0 unspecified atom stereocenters. The average molecular weight is 221 g/mol. The fourth-order valence-corrected chi connectivity index (χ4v) is 1.50. The van der Waals surface area contributed by atoms with Crippen molar-refractivity contribution in [2.45, 2.75) is 39.2 Å². The number of nitrogens with zero attached hydrogens (tertiary/aromatic N) is 1. The molecule has 1 fully saturated rings. The maximum Gasteiger partial charge on any atom is 0.259 e. The van der Waals surface area contributed by atoms with Crippen LogP contribution in [0.2, 0.25) is 0 Å². The smallest absolute Gasteiger partial charge is 0.259 e. The molecule has 0 atom stereocenters. The standard InChI is InChI=1S/C10H17F2NO2/c1-8(2,10(4,11)12)7(14)13-5-9(3,15)6-13/h15H,5-6H2,1-4H3. The Kier molecular flexibility index (Phi) is 2.59. The van der Waals surface area contributed by atoms with E-state index in [-0.39, 0.29) is 13.1 Å². The lowest BCUT2D eigenvalue weighted by Gasteiger charge is -2.47. The topological polar surface area (TPSA) is 40.5 Å². The second-order valence-electron chi connectivity index (χ2n) is 5.17. The molecule has 0 spiro atoms. The van der Waals surface area contributed by atoms with E-state index >= 15 is 0 Å². The van der Waals surface area contributed by atoms with E-state index in [9.17, 15) is 18.7 Å². The molecular weight excluding hydrogens is 204 g/mol. The molecule has 1 aliphatic rings. The first-order valence-electron chi connectivity index (χ1n) is 4.87. The molecule has 1 rings (SSSR count). The van der Waals surface area contributed by atoms with Crippen molar-refractivity contribution in [3.05, 3.63) is 0 Å². The van der Waals surface area contributed by atoms with Gasteiger partial charge in [0.05, 0.1) is 18.7 Å². The zero-order valence-corrected chi connectivity index (χ0v) is 9.47. The van der Waals surface area contributed by atoms with E-state index < -0.39 is 22.8 Å². The summed E-state index contributed by atoms with van der Waals surface area (Å²) in [6, 6.07) is 0. The van der Waals surface area contributed by atoms with Gasteiger partial charge in [-0.2, -0.15) is 0 Å². The first kappa shape index (κ1) is 12.4. The Balaban J connectivity index is 2.71. The molecule has 0 bridgehead atoms. The number of alkyl halides is 2. The fourth-order valence-electron chi connectivity index (χ4n) is 1.50. The molecule has 0 aromatic rings. The van der Waals surface area contributed by atoms with Crippen LogP contribution in [0.1, 0.15) is 27.7 Å². The van der Waals surface area contributed by atoms with Crippen LogP contribution >= 0.6 is 0 Å². The van der Waals surface area contributed by atoms with Crippen molar-refractivity contribution in [1.29, 1.82) is 0 Å². The Bertz CT molecular complexity index is 274. The summed E-state index contributed by atoms with van der Waals surface area (Å²) in [5.41, 5.74) is -2.64. The van der Waals surface area contributed by atoms with Crippen LogP contribution in [0.5, 0.6) is 0 Å². The highest BCUT2D eigenvalue weighted by Crippen LogP contribution is 2.39. The van der Waals surface area contributed by atoms with Gasteiger partial charge in [-0.1, -0.05) is 0 Å². The summed E-state index contributed by atoms with van der Waals surface area (Å²) in [4.78, 5) is 13.0. The molecule has 15 heavy (non-hydrogen) atoms. The first-order chi connectivity index (χ1) is 6.47. The van der Waals surface area contributed by atoms with Crippen LogP contribution in [-0.4, -0.2) is 40.5 Å². The molecule has 0 aromatic heterocycles. The summed E-state index contributed by atoms with van der Waals surface area (Å²) < 4.78 is 26.3. The third kappa shape index (κ3) is 2.12. The van der Waals surface area contributed by atoms with E-state index in [0.717, 1.165) is 6.92 Å². The molecule has 0 aliphatic carbocycles. The molecule has 1 amide bonds. The molecule has 0 radical (unpaired) electrons. The second-order valence-corrected chi connectivity index (χ2v) is 5.17. The minimum atomic E-state index is -3.06. The minimum absolute atomic E-state index is 0.130. The number of hydrogen-bond acceptors (Lipinski definition) is 2. The Hall–Kier alpha value is -0.710. The van der Waals surface area contributed by atoms with E-state index in [1.807, 2.05) is 0 Å². The van der Waals surface area contributed by atoms with Crippen molar-refractivity contribution in [1.82, 2.24) is 4.90 Å². The predicted molar refractivity (Wildman–Crippen MR) is 51.6 cm³/mol. The van der Waals surface area contributed by atoms with Gasteiger partial charge >= 0.3 is 0 Å². The maximum absolute atomic E-state index is 13.2. The summed E-state index contributed by atoms with van der Waals surface area (Å²) in [6.45, 7) is 5.03. The predicted octanol–water partition coefficient (Wildman–Crippen LogP) is 1.26. The van der Waals surface area contributed by atoms with Crippen LogP contribution in [0.25, 0.3) is 0 Å². The number of hydrogen-bond donors (Lipinski definition) is 1. The molecule has 0 saturated carbocycles. The van der Waals surface area contributed by atoms with Gasteiger partial charge in [0.1, 0.15) is 5.41 Å². The van der Waals surface area contributed by atoms with Gasteiger partial charge in [0, 0.05) is 6.92 Å². The van der Waals surface area contributed by atoms with Gasteiger partial charge in [0.15, 0.2) is 0 Å². The minimum Gasteiger partial charge on any atom is -0.386 e. The van der Waals surface area contributed by atoms with Gasteiger partial charge in [-0.05, 0) is 20.8 Å². The number of halogens is 2. The van der Waals surface area contributed by atoms with Crippen molar-refractivity contribution in [3.8, 4) is 0 Å². The summed E-state index contributed by atoms with van der Waals surface area (Å²) in [5.74, 6) is -3.67. The molecule has 88 valence electrons. The lowest BCUT2D eigenvalue weighted by Crippen LogP contribution is -2.65. The van der Waals surface area contributed by atoms with Crippen LogP contribution in [-0.2, 0) is 4.79 Å². The molecule has 1 aliphatic heterocycles. The van der Waals surface area contributed by atoms with Gasteiger partial charge < -0.3 is 10.0 Å². The fraction of sp³-hybridized carbons (Fsp3) is 0.900. The van der Waals surface area contributed by atoms with Crippen molar-refractivity contribution in [2.75, 3.05) is 13.1 Å². The van der Waals surface area contributed by atoms with Crippen LogP contribution in [0.3, 0.4) is 0 Å². The highest BCUT2D eigenvalue weighted by molar-refractivity contribution is 5.84. The molecule has 0 aromatic carbocycles. The van der Waals surface area contributed by atoms with Crippen LogP contribution in [0.15, 0.2) is 0 Å². The number of β-amino-alcohol motifs (C(OH)–C–C–N with tert-alkyl or cyclic N) is 1. The molecule has 5 heteroatoms. The van der Waals surface area contributed by atoms with E-state index in [1.54, 1.807) is 6.92 Å². The van der Waals surface area contributed by atoms with Crippen LogP contribution in [0.4, 0.5) is 8.78 Å². The van der Waals surface area contributed by atoms with Gasteiger partial charge in [0.2, 0.25) is 5.91 Å². The number of likely N-dealkylation sites (tertiary alicyclic amines) is 1. The van der Waals surface area contributed by atoms with Crippen LogP contribution in [0, 0.1) is 5.41 Å². The summed E-state index contributed by atoms with van der Waals surface area (Å²) in [6.07, 6.45) is 0. The van der Waals surface area contributed by atoms with E-state index in [1.165, 1.54) is 18.7 Å². The number of carbonyl (C=O) groups is 1. The lowest BCUT2D eigenvalue weighted by atomic mass is 9.82. The molecule has 1 N–H and O–H groups in total. The van der Waals surface area contributed by atoms with Crippen molar-refractivity contribution < 1.29 is 18.7 Å². The zero-order valence-electron chi connectivity index (χ0n) is 9.47.